The third kappa shape index (κ3) is 3.17. The van der Waals surface area contributed by atoms with E-state index in [1.807, 2.05) is 32.0 Å². The summed E-state index contributed by atoms with van der Waals surface area (Å²) in [5.41, 5.74) is 0.383. The van der Waals surface area contributed by atoms with Crippen LogP contribution in [0.3, 0.4) is 0 Å². The van der Waals surface area contributed by atoms with Crippen molar-refractivity contribution < 1.29 is 13.2 Å². The number of rotatable bonds is 3. The van der Waals surface area contributed by atoms with Crippen molar-refractivity contribution in [3.8, 4) is 0 Å². The maximum Gasteiger partial charge on any atom is 0.214 e. The molecule has 1 fully saturated rings. The fourth-order valence-corrected chi connectivity index (χ4v) is 4.06. The normalized spacial score (nSPS) is 23.7. The minimum absolute atomic E-state index is 0.0959. The average Bonchev–Trinajstić information content (AvgIpc) is 2.38. The second kappa shape index (κ2) is 5.64. The van der Waals surface area contributed by atoms with E-state index < -0.39 is 15.6 Å². The summed E-state index contributed by atoms with van der Waals surface area (Å²) < 4.78 is 31.9. The van der Waals surface area contributed by atoms with E-state index in [4.69, 9.17) is 16.3 Å². The van der Waals surface area contributed by atoms with E-state index in [2.05, 4.69) is 0 Å². The second-order valence-electron chi connectivity index (χ2n) is 5.60. The van der Waals surface area contributed by atoms with Gasteiger partial charge in [-0.2, -0.15) is 4.31 Å². The fraction of sp³-hybridized carbons (Fsp3) is 0.571. The largest absolute Gasteiger partial charge is 0.370 e. The maximum atomic E-state index is 12.3. The van der Waals surface area contributed by atoms with Crippen molar-refractivity contribution in [2.45, 2.75) is 32.4 Å². The third-order valence-corrected chi connectivity index (χ3v) is 5.85. The van der Waals surface area contributed by atoms with Crippen LogP contribution < -0.4 is 0 Å². The van der Waals surface area contributed by atoms with Gasteiger partial charge in [-0.05, 0) is 38.5 Å². The van der Waals surface area contributed by atoms with Crippen molar-refractivity contribution in [2.75, 3.05) is 18.9 Å². The predicted molar refractivity (Wildman–Crippen MR) is 80.4 cm³/mol. The lowest BCUT2D eigenvalue weighted by molar-refractivity contribution is -0.0654. The van der Waals surface area contributed by atoms with E-state index in [-0.39, 0.29) is 11.9 Å². The first kappa shape index (κ1) is 15.8. The first-order valence-corrected chi connectivity index (χ1v) is 8.62. The van der Waals surface area contributed by atoms with Crippen LogP contribution in [0.2, 0.25) is 5.02 Å². The predicted octanol–water partition coefficient (Wildman–Crippen LogP) is 2.84. The third-order valence-electron chi connectivity index (χ3n) is 3.57. The van der Waals surface area contributed by atoms with E-state index >= 15 is 0 Å². The number of hydrogen-bond donors (Lipinski definition) is 0. The standard InChI is InChI=1S/C14H20ClNO3S/c1-4-20(17,18)16-9-13(19-10-14(16,2)3)11-6-5-7-12(15)8-11/h5-8,13H,4,9-10H2,1-3H3. The number of benzene rings is 1. The van der Waals surface area contributed by atoms with Crippen molar-refractivity contribution in [1.82, 2.24) is 4.31 Å². The van der Waals surface area contributed by atoms with Gasteiger partial charge in [-0.25, -0.2) is 8.42 Å². The Balaban J connectivity index is 2.29. The number of morpholine rings is 1. The van der Waals surface area contributed by atoms with E-state index in [0.717, 1.165) is 5.56 Å². The molecule has 1 unspecified atom stereocenters. The highest BCUT2D eigenvalue weighted by Gasteiger charge is 2.41. The number of hydrogen-bond acceptors (Lipinski definition) is 3. The topological polar surface area (TPSA) is 46.6 Å². The van der Waals surface area contributed by atoms with Crippen LogP contribution in [0.25, 0.3) is 0 Å². The van der Waals surface area contributed by atoms with Crippen molar-refractivity contribution in [3.05, 3.63) is 34.9 Å². The minimum Gasteiger partial charge on any atom is -0.370 e. The van der Waals surface area contributed by atoms with Crippen LogP contribution in [-0.4, -0.2) is 37.2 Å². The zero-order valence-electron chi connectivity index (χ0n) is 12.0. The van der Waals surface area contributed by atoms with Gasteiger partial charge >= 0.3 is 0 Å². The summed E-state index contributed by atoms with van der Waals surface area (Å²) in [6.45, 7) is 6.12. The summed E-state index contributed by atoms with van der Waals surface area (Å²) in [6, 6.07) is 7.37. The lowest BCUT2D eigenvalue weighted by atomic mass is 10.0. The van der Waals surface area contributed by atoms with Gasteiger partial charge in [-0.1, -0.05) is 23.7 Å². The highest BCUT2D eigenvalue weighted by Crippen LogP contribution is 2.33. The molecule has 0 saturated carbocycles. The summed E-state index contributed by atoms with van der Waals surface area (Å²) in [4.78, 5) is 0. The van der Waals surface area contributed by atoms with Gasteiger partial charge < -0.3 is 4.74 Å². The van der Waals surface area contributed by atoms with Gasteiger partial charge in [0.15, 0.2) is 0 Å². The minimum atomic E-state index is -3.26. The Morgan fingerprint density at radius 2 is 2.15 bits per heavy atom. The molecule has 112 valence electrons. The van der Waals surface area contributed by atoms with E-state index in [9.17, 15) is 8.42 Å². The Hall–Kier alpha value is -0.620. The van der Waals surface area contributed by atoms with Crippen LogP contribution in [-0.2, 0) is 14.8 Å². The van der Waals surface area contributed by atoms with Crippen LogP contribution >= 0.6 is 11.6 Å². The zero-order chi connectivity index (χ0) is 15.0. The molecule has 1 saturated heterocycles. The molecule has 6 heteroatoms. The second-order valence-corrected chi connectivity index (χ2v) is 8.22. The molecule has 20 heavy (non-hydrogen) atoms. The maximum absolute atomic E-state index is 12.3. The molecular weight excluding hydrogens is 298 g/mol. The molecule has 0 spiro atoms. The smallest absolute Gasteiger partial charge is 0.214 e. The quantitative estimate of drug-likeness (QED) is 0.861. The van der Waals surface area contributed by atoms with Gasteiger partial charge in [0, 0.05) is 11.6 Å². The van der Waals surface area contributed by atoms with Crippen molar-refractivity contribution in [1.29, 1.82) is 0 Å². The van der Waals surface area contributed by atoms with Crippen LogP contribution in [0.15, 0.2) is 24.3 Å². The van der Waals surface area contributed by atoms with Gasteiger partial charge in [-0.15, -0.1) is 0 Å². The first-order chi connectivity index (χ1) is 9.26. The fourth-order valence-electron chi connectivity index (χ4n) is 2.38. The number of halogens is 1. The van der Waals surface area contributed by atoms with Crippen LogP contribution in [0.4, 0.5) is 0 Å². The van der Waals surface area contributed by atoms with Gasteiger partial charge in [0.05, 0.1) is 24.0 Å². The molecule has 0 N–H and O–H groups in total. The zero-order valence-corrected chi connectivity index (χ0v) is 13.5. The van der Waals surface area contributed by atoms with E-state index in [1.54, 1.807) is 17.3 Å². The SMILES string of the molecule is CCS(=O)(=O)N1CC(c2cccc(Cl)c2)OCC1(C)C. The Labute approximate surface area is 125 Å². The van der Waals surface area contributed by atoms with Gasteiger partial charge in [0.25, 0.3) is 0 Å². The molecule has 0 aromatic heterocycles. The highest BCUT2D eigenvalue weighted by molar-refractivity contribution is 7.89. The van der Waals surface area contributed by atoms with Crippen LogP contribution in [0, 0.1) is 0 Å². The molecule has 0 bridgehead atoms. The molecule has 0 aliphatic carbocycles. The summed E-state index contributed by atoms with van der Waals surface area (Å²) in [5, 5.41) is 0.626. The average molecular weight is 318 g/mol. The van der Waals surface area contributed by atoms with E-state index in [0.29, 0.717) is 18.2 Å². The molecule has 1 aliphatic rings. The summed E-state index contributed by atoms with van der Waals surface area (Å²) in [5.74, 6) is 0.0959. The molecule has 1 atom stereocenters. The molecule has 1 aromatic rings. The molecular formula is C14H20ClNO3S. The lowest BCUT2D eigenvalue weighted by Crippen LogP contribution is -2.56. The highest BCUT2D eigenvalue weighted by atomic mass is 35.5. The van der Waals surface area contributed by atoms with E-state index in [1.165, 1.54) is 0 Å². The van der Waals surface area contributed by atoms with Crippen LogP contribution in [0.5, 0.6) is 0 Å². The molecule has 1 heterocycles. The van der Waals surface area contributed by atoms with Gasteiger partial charge in [-0.3, -0.25) is 0 Å². The molecule has 1 aliphatic heterocycles. The molecule has 0 amide bonds. The van der Waals surface area contributed by atoms with Crippen molar-refractivity contribution in [3.63, 3.8) is 0 Å². The Bertz CT molecular complexity index is 586. The lowest BCUT2D eigenvalue weighted by Gasteiger charge is -2.44. The Morgan fingerprint density at radius 1 is 1.45 bits per heavy atom. The summed E-state index contributed by atoms with van der Waals surface area (Å²) >= 11 is 5.99. The summed E-state index contributed by atoms with van der Waals surface area (Å²) in [6.07, 6.45) is -0.275. The molecule has 1 aromatic carbocycles. The molecule has 0 radical (unpaired) electrons. The Morgan fingerprint density at radius 3 is 2.75 bits per heavy atom. The first-order valence-electron chi connectivity index (χ1n) is 6.64. The van der Waals surface area contributed by atoms with Gasteiger partial charge in [0.1, 0.15) is 0 Å². The Kier molecular flexibility index (Phi) is 4.44. The van der Waals surface area contributed by atoms with Crippen LogP contribution in [0.1, 0.15) is 32.4 Å². The number of nitrogens with zero attached hydrogens (tertiary/aromatic N) is 1. The van der Waals surface area contributed by atoms with Crippen molar-refractivity contribution in [2.24, 2.45) is 0 Å². The monoisotopic (exact) mass is 317 g/mol. The number of sulfonamides is 1. The molecule has 4 nitrogen and oxygen atoms in total. The number of ether oxygens (including phenoxy) is 1. The molecule has 2 rings (SSSR count). The summed E-state index contributed by atoms with van der Waals surface area (Å²) in [7, 11) is -3.26. The van der Waals surface area contributed by atoms with Gasteiger partial charge in [0.2, 0.25) is 10.0 Å². The van der Waals surface area contributed by atoms with Crippen molar-refractivity contribution >= 4 is 21.6 Å².